The molecule has 3 nitrogen and oxygen atoms in total. The molecule has 2 atom stereocenters. The molecule has 1 aromatic carbocycles. The zero-order valence-electron chi connectivity index (χ0n) is 12.2. The van der Waals surface area contributed by atoms with Crippen LogP contribution in [0.3, 0.4) is 0 Å². The summed E-state index contributed by atoms with van der Waals surface area (Å²) in [6, 6.07) is 8.05. The first-order chi connectivity index (χ1) is 9.56. The van der Waals surface area contributed by atoms with Crippen LogP contribution in [0, 0.1) is 5.92 Å². The van der Waals surface area contributed by atoms with E-state index in [0.29, 0.717) is 5.92 Å². The van der Waals surface area contributed by atoms with Crippen LogP contribution in [-0.2, 0) is 4.79 Å². The van der Waals surface area contributed by atoms with Crippen molar-refractivity contribution in [2.45, 2.75) is 25.8 Å². The molecule has 1 heterocycles. The van der Waals surface area contributed by atoms with Crippen LogP contribution in [0.1, 0.15) is 25.3 Å². The van der Waals surface area contributed by atoms with Crippen LogP contribution in [0.5, 0.6) is 0 Å². The Kier molecular flexibility index (Phi) is 7.43. The summed E-state index contributed by atoms with van der Waals surface area (Å²) in [6.07, 6.45) is 5.69. The van der Waals surface area contributed by atoms with Crippen molar-refractivity contribution < 1.29 is 4.79 Å². The van der Waals surface area contributed by atoms with E-state index in [1.165, 1.54) is 0 Å². The summed E-state index contributed by atoms with van der Waals surface area (Å²) >= 11 is 3.40. The van der Waals surface area contributed by atoms with Gasteiger partial charge in [0.25, 0.3) is 0 Å². The van der Waals surface area contributed by atoms with Gasteiger partial charge in [-0.25, -0.2) is 0 Å². The van der Waals surface area contributed by atoms with Crippen LogP contribution >= 0.6 is 28.3 Å². The number of carbonyl (C=O) groups excluding carboxylic acids is 1. The highest BCUT2D eigenvalue weighted by molar-refractivity contribution is 9.10. The molecule has 0 saturated carbocycles. The van der Waals surface area contributed by atoms with Crippen LogP contribution in [0.15, 0.2) is 34.8 Å². The first-order valence-electron chi connectivity index (χ1n) is 7.04. The highest BCUT2D eigenvalue weighted by Gasteiger charge is 2.24. The Morgan fingerprint density at radius 1 is 1.43 bits per heavy atom. The van der Waals surface area contributed by atoms with Gasteiger partial charge in [0.2, 0.25) is 5.91 Å². The van der Waals surface area contributed by atoms with Gasteiger partial charge in [-0.15, -0.1) is 12.4 Å². The number of carbonyl (C=O) groups is 1. The third kappa shape index (κ3) is 5.46. The maximum absolute atomic E-state index is 12.2. The lowest BCUT2D eigenvalue weighted by atomic mass is 9.92. The van der Waals surface area contributed by atoms with Crippen molar-refractivity contribution in [1.82, 2.24) is 4.90 Å². The topological polar surface area (TPSA) is 46.3 Å². The average molecular weight is 374 g/mol. The Labute approximate surface area is 141 Å². The molecule has 1 fully saturated rings. The number of rotatable bonds is 3. The first kappa shape index (κ1) is 18.2. The maximum atomic E-state index is 12.2. The molecule has 2 rings (SSSR count). The fourth-order valence-electron chi connectivity index (χ4n) is 2.49. The summed E-state index contributed by atoms with van der Waals surface area (Å²) in [6.45, 7) is 3.64. The molecule has 0 bridgehead atoms. The third-order valence-corrected chi connectivity index (χ3v) is 4.33. The Morgan fingerprint density at radius 2 is 2.10 bits per heavy atom. The van der Waals surface area contributed by atoms with E-state index in [-0.39, 0.29) is 24.4 Å². The van der Waals surface area contributed by atoms with Crippen molar-refractivity contribution in [3.05, 3.63) is 40.4 Å². The molecule has 0 spiro atoms. The molecule has 116 valence electrons. The number of hydrogen-bond donors (Lipinski definition) is 1. The van der Waals surface area contributed by atoms with Gasteiger partial charge >= 0.3 is 0 Å². The molecule has 0 radical (unpaired) electrons. The lowest BCUT2D eigenvalue weighted by molar-refractivity contribution is -0.127. The van der Waals surface area contributed by atoms with Gasteiger partial charge in [0.05, 0.1) is 0 Å². The smallest absolute Gasteiger partial charge is 0.246 e. The largest absolute Gasteiger partial charge is 0.339 e. The molecule has 1 aromatic rings. The molecule has 1 aliphatic heterocycles. The molecular weight excluding hydrogens is 352 g/mol. The van der Waals surface area contributed by atoms with Gasteiger partial charge in [-0.1, -0.05) is 28.1 Å². The zero-order valence-corrected chi connectivity index (χ0v) is 14.6. The van der Waals surface area contributed by atoms with Gasteiger partial charge < -0.3 is 10.6 Å². The molecular formula is C16H22BrClN2O. The summed E-state index contributed by atoms with van der Waals surface area (Å²) < 4.78 is 1.04. The predicted octanol–water partition coefficient (Wildman–Crippen LogP) is 3.47. The van der Waals surface area contributed by atoms with Gasteiger partial charge in [-0.05, 0) is 49.5 Å². The Morgan fingerprint density at radius 3 is 2.71 bits per heavy atom. The minimum Gasteiger partial charge on any atom is -0.339 e. The molecule has 1 aliphatic rings. The minimum absolute atomic E-state index is 0. The van der Waals surface area contributed by atoms with Crippen LogP contribution in [0.4, 0.5) is 0 Å². The van der Waals surface area contributed by atoms with Crippen molar-refractivity contribution in [2.75, 3.05) is 13.1 Å². The molecule has 1 amide bonds. The summed E-state index contributed by atoms with van der Waals surface area (Å²) in [5, 5.41) is 0. The van der Waals surface area contributed by atoms with Gasteiger partial charge in [0.1, 0.15) is 0 Å². The number of amides is 1. The lowest BCUT2D eigenvalue weighted by Gasteiger charge is -2.34. The number of halogens is 2. The highest BCUT2D eigenvalue weighted by Crippen LogP contribution is 2.19. The number of hydrogen-bond acceptors (Lipinski definition) is 2. The number of nitrogens with zero attached hydrogens (tertiary/aromatic N) is 1. The molecule has 1 saturated heterocycles. The van der Waals surface area contributed by atoms with Crippen LogP contribution < -0.4 is 5.73 Å². The standard InChI is InChI=1S/C16H21BrN2O.ClH/c1-12(18)14-3-2-10-19(11-14)16(20)9-6-13-4-7-15(17)8-5-13;/h4-9,12,14H,2-3,10-11,18H2,1H3;1H. The quantitative estimate of drug-likeness (QED) is 0.825. The van der Waals surface area contributed by atoms with E-state index in [1.807, 2.05) is 42.2 Å². The van der Waals surface area contributed by atoms with Crippen molar-refractivity contribution in [1.29, 1.82) is 0 Å². The molecule has 0 aromatic heterocycles. The van der Waals surface area contributed by atoms with Gasteiger partial charge in [0.15, 0.2) is 0 Å². The van der Waals surface area contributed by atoms with E-state index in [1.54, 1.807) is 6.08 Å². The number of nitrogens with two attached hydrogens (primary N) is 1. The fourth-order valence-corrected chi connectivity index (χ4v) is 2.75. The van der Waals surface area contributed by atoms with Gasteiger partial charge in [-0.2, -0.15) is 0 Å². The normalized spacial score (nSPS) is 20.1. The predicted molar refractivity (Wildman–Crippen MR) is 93.4 cm³/mol. The molecule has 21 heavy (non-hydrogen) atoms. The third-order valence-electron chi connectivity index (χ3n) is 3.80. The zero-order chi connectivity index (χ0) is 14.5. The molecule has 5 heteroatoms. The van der Waals surface area contributed by atoms with Crippen LogP contribution in [-0.4, -0.2) is 29.9 Å². The molecule has 2 unspecified atom stereocenters. The minimum atomic E-state index is 0. The molecule has 2 N–H and O–H groups in total. The molecule has 0 aliphatic carbocycles. The maximum Gasteiger partial charge on any atom is 0.246 e. The van der Waals surface area contributed by atoms with E-state index >= 15 is 0 Å². The second-order valence-electron chi connectivity index (χ2n) is 5.43. The van der Waals surface area contributed by atoms with Crippen LogP contribution in [0.2, 0.25) is 0 Å². The van der Waals surface area contributed by atoms with Crippen molar-refractivity contribution in [2.24, 2.45) is 11.7 Å². The SMILES string of the molecule is CC(N)C1CCCN(C(=O)C=Cc2ccc(Br)cc2)C1.Cl. The Hall–Kier alpha value is -0.840. The number of benzene rings is 1. The summed E-state index contributed by atoms with van der Waals surface area (Å²) in [5.41, 5.74) is 6.98. The second kappa shape index (κ2) is 8.57. The second-order valence-corrected chi connectivity index (χ2v) is 6.35. The lowest BCUT2D eigenvalue weighted by Crippen LogP contribution is -2.44. The van der Waals surface area contributed by atoms with Crippen molar-refractivity contribution in [3.63, 3.8) is 0 Å². The van der Waals surface area contributed by atoms with Crippen LogP contribution in [0.25, 0.3) is 6.08 Å². The summed E-state index contributed by atoms with van der Waals surface area (Å²) in [7, 11) is 0. The summed E-state index contributed by atoms with van der Waals surface area (Å²) in [5.74, 6) is 0.507. The monoisotopic (exact) mass is 372 g/mol. The number of piperidine rings is 1. The number of likely N-dealkylation sites (tertiary alicyclic amines) is 1. The van der Waals surface area contributed by atoms with Crippen molar-refractivity contribution in [3.8, 4) is 0 Å². The van der Waals surface area contributed by atoms with Gasteiger partial charge in [0, 0.05) is 29.7 Å². The van der Waals surface area contributed by atoms with E-state index < -0.39 is 0 Å². The summed E-state index contributed by atoms with van der Waals surface area (Å²) in [4.78, 5) is 14.1. The fraction of sp³-hybridized carbons (Fsp3) is 0.438. The van der Waals surface area contributed by atoms with E-state index in [0.717, 1.165) is 36.0 Å². The highest BCUT2D eigenvalue weighted by atomic mass is 79.9. The Bertz CT molecular complexity index is 488. The Balaban J connectivity index is 0.00000220. The van der Waals surface area contributed by atoms with Crippen molar-refractivity contribution >= 4 is 40.3 Å². The van der Waals surface area contributed by atoms with E-state index in [9.17, 15) is 4.79 Å². The average Bonchev–Trinajstić information content (AvgIpc) is 2.46. The van der Waals surface area contributed by atoms with Gasteiger partial charge in [-0.3, -0.25) is 4.79 Å². The van der Waals surface area contributed by atoms with E-state index in [4.69, 9.17) is 5.73 Å². The van der Waals surface area contributed by atoms with E-state index in [2.05, 4.69) is 15.9 Å². The first-order valence-corrected chi connectivity index (χ1v) is 7.83.